The number of nitrogens with one attached hydrogen (secondary N) is 1. The summed E-state index contributed by atoms with van der Waals surface area (Å²) in [5.41, 5.74) is -1.14. The number of carbonyl (C=O) groups excluding carboxylic acids is 1. The summed E-state index contributed by atoms with van der Waals surface area (Å²) in [7, 11) is 1.63. The highest BCUT2D eigenvalue weighted by atomic mass is 16.5. The van der Waals surface area contributed by atoms with Gasteiger partial charge in [-0.1, -0.05) is 6.42 Å². The van der Waals surface area contributed by atoms with Crippen LogP contribution < -0.4 is 5.32 Å². The molecule has 1 aliphatic carbocycles. The number of methoxy groups -OCH3 is 1. The zero-order valence-electron chi connectivity index (χ0n) is 9.62. The summed E-state index contributed by atoms with van der Waals surface area (Å²) >= 11 is 0. The van der Waals surface area contributed by atoms with Crippen molar-refractivity contribution >= 4 is 11.9 Å². The molecule has 0 radical (unpaired) electrons. The first-order chi connectivity index (χ1) is 7.63. The molecule has 0 atom stereocenters. The van der Waals surface area contributed by atoms with Gasteiger partial charge in [0.15, 0.2) is 0 Å². The third-order valence-corrected chi connectivity index (χ3v) is 3.11. The SMILES string of the molecule is COCCCCNC(=O)C1(C(=O)O)CCC1. The Labute approximate surface area is 95.2 Å². The second-order valence-electron chi connectivity index (χ2n) is 4.20. The Morgan fingerprint density at radius 3 is 2.50 bits per heavy atom. The second kappa shape index (κ2) is 5.84. The topological polar surface area (TPSA) is 75.6 Å². The number of hydrogen-bond donors (Lipinski definition) is 2. The number of amides is 1. The van der Waals surface area contributed by atoms with Crippen LogP contribution >= 0.6 is 0 Å². The Morgan fingerprint density at radius 2 is 2.06 bits per heavy atom. The zero-order chi connectivity index (χ0) is 12.0. The van der Waals surface area contributed by atoms with Gasteiger partial charge in [-0.25, -0.2) is 0 Å². The summed E-state index contributed by atoms with van der Waals surface area (Å²) in [6.07, 6.45) is 3.44. The maximum atomic E-state index is 11.7. The molecule has 0 unspecified atom stereocenters. The van der Waals surface area contributed by atoms with Gasteiger partial charge in [-0.05, 0) is 25.7 Å². The molecule has 16 heavy (non-hydrogen) atoms. The van der Waals surface area contributed by atoms with Crippen LogP contribution in [0.2, 0.25) is 0 Å². The molecular weight excluding hydrogens is 210 g/mol. The van der Waals surface area contributed by atoms with Crippen LogP contribution in [0.3, 0.4) is 0 Å². The van der Waals surface area contributed by atoms with Crippen LogP contribution in [0, 0.1) is 5.41 Å². The molecule has 2 N–H and O–H groups in total. The maximum absolute atomic E-state index is 11.7. The summed E-state index contributed by atoms with van der Waals surface area (Å²) < 4.78 is 4.88. The molecule has 0 heterocycles. The lowest BCUT2D eigenvalue weighted by atomic mass is 9.68. The number of ether oxygens (including phenoxy) is 1. The minimum atomic E-state index is -1.14. The molecule has 5 heteroatoms. The molecule has 1 aliphatic rings. The number of rotatable bonds is 7. The first-order valence-electron chi connectivity index (χ1n) is 5.64. The van der Waals surface area contributed by atoms with Crippen molar-refractivity contribution in [3.8, 4) is 0 Å². The number of carbonyl (C=O) groups is 2. The second-order valence-corrected chi connectivity index (χ2v) is 4.20. The van der Waals surface area contributed by atoms with Crippen molar-refractivity contribution < 1.29 is 19.4 Å². The van der Waals surface area contributed by atoms with Gasteiger partial charge in [-0.3, -0.25) is 9.59 Å². The fourth-order valence-electron chi connectivity index (χ4n) is 1.81. The first-order valence-corrected chi connectivity index (χ1v) is 5.64. The van der Waals surface area contributed by atoms with Gasteiger partial charge < -0.3 is 15.2 Å². The van der Waals surface area contributed by atoms with Gasteiger partial charge in [0, 0.05) is 20.3 Å². The standard InChI is InChI=1S/C11H19NO4/c1-16-8-3-2-7-12-9(13)11(10(14)15)5-4-6-11/h2-8H2,1H3,(H,12,13)(H,14,15). The van der Waals surface area contributed by atoms with Gasteiger partial charge in [0.1, 0.15) is 5.41 Å². The summed E-state index contributed by atoms with van der Waals surface area (Å²) in [6, 6.07) is 0. The Bertz CT molecular complexity index is 261. The molecule has 0 saturated heterocycles. The lowest BCUT2D eigenvalue weighted by Gasteiger charge is -2.35. The average Bonchev–Trinajstić information content (AvgIpc) is 2.15. The van der Waals surface area contributed by atoms with Crippen molar-refractivity contribution in [2.75, 3.05) is 20.3 Å². The zero-order valence-corrected chi connectivity index (χ0v) is 9.62. The number of carboxylic acid groups (broad SMARTS) is 1. The summed E-state index contributed by atoms with van der Waals surface area (Å²) in [4.78, 5) is 22.7. The van der Waals surface area contributed by atoms with Crippen molar-refractivity contribution in [2.45, 2.75) is 32.1 Å². The number of aliphatic carboxylic acids is 1. The van der Waals surface area contributed by atoms with Crippen LogP contribution in [0.5, 0.6) is 0 Å². The molecule has 0 aliphatic heterocycles. The van der Waals surface area contributed by atoms with Gasteiger partial charge in [0.2, 0.25) is 5.91 Å². The van der Waals surface area contributed by atoms with Crippen LogP contribution in [0.1, 0.15) is 32.1 Å². The van der Waals surface area contributed by atoms with E-state index in [0.717, 1.165) is 19.3 Å². The smallest absolute Gasteiger partial charge is 0.319 e. The lowest BCUT2D eigenvalue weighted by molar-refractivity contribution is -0.162. The molecule has 0 bridgehead atoms. The lowest BCUT2D eigenvalue weighted by Crippen LogP contribution is -2.51. The normalized spacial score (nSPS) is 17.6. The van der Waals surface area contributed by atoms with E-state index in [1.807, 2.05) is 0 Å². The van der Waals surface area contributed by atoms with E-state index < -0.39 is 11.4 Å². The Kier molecular flexibility index (Phi) is 4.73. The van der Waals surface area contributed by atoms with Crippen molar-refractivity contribution in [2.24, 2.45) is 5.41 Å². The summed E-state index contributed by atoms with van der Waals surface area (Å²) in [5.74, 6) is -1.32. The summed E-state index contributed by atoms with van der Waals surface area (Å²) in [5, 5.41) is 11.7. The van der Waals surface area contributed by atoms with Crippen LogP contribution in [-0.4, -0.2) is 37.2 Å². The number of unbranched alkanes of at least 4 members (excludes halogenated alkanes) is 1. The minimum absolute atomic E-state index is 0.330. The third-order valence-electron chi connectivity index (χ3n) is 3.11. The quantitative estimate of drug-likeness (QED) is 0.500. The first kappa shape index (κ1) is 13.0. The van der Waals surface area contributed by atoms with Crippen molar-refractivity contribution in [1.82, 2.24) is 5.32 Å². The van der Waals surface area contributed by atoms with Gasteiger partial charge in [-0.2, -0.15) is 0 Å². The van der Waals surface area contributed by atoms with E-state index in [4.69, 9.17) is 9.84 Å². The minimum Gasteiger partial charge on any atom is -0.480 e. The highest BCUT2D eigenvalue weighted by Gasteiger charge is 2.50. The highest BCUT2D eigenvalue weighted by Crippen LogP contribution is 2.41. The molecule has 1 rings (SSSR count). The Balaban J connectivity index is 2.26. The van der Waals surface area contributed by atoms with Crippen LogP contribution in [0.15, 0.2) is 0 Å². The van der Waals surface area contributed by atoms with Crippen molar-refractivity contribution in [1.29, 1.82) is 0 Å². The van der Waals surface area contributed by atoms with Gasteiger partial charge in [-0.15, -0.1) is 0 Å². The average molecular weight is 229 g/mol. The van der Waals surface area contributed by atoms with E-state index in [1.165, 1.54) is 0 Å². The molecule has 92 valence electrons. The largest absolute Gasteiger partial charge is 0.480 e. The van der Waals surface area contributed by atoms with Gasteiger partial charge in [0.25, 0.3) is 0 Å². The van der Waals surface area contributed by atoms with E-state index in [1.54, 1.807) is 7.11 Å². The highest BCUT2D eigenvalue weighted by molar-refractivity contribution is 6.02. The van der Waals surface area contributed by atoms with Crippen LogP contribution in [-0.2, 0) is 14.3 Å². The van der Waals surface area contributed by atoms with E-state index in [0.29, 0.717) is 26.0 Å². The Hall–Kier alpha value is -1.10. The third kappa shape index (κ3) is 2.72. The Morgan fingerprint density at radius 1 is 1.38 bits per heavy atom. The van der Waals surface area contributed by atoms with E-state index in [2.05, 4.69) is 5.32 Å². The van der Waals surface area contributed by atoms with Gasteiger partial charge >= 0.3 is 5.97 Å². The summed E-state index contributed by atoms with van der Waals surface area (Å²) in [6.45, 7) is 1.19. The van der Waals surface area contributed by atoms with Crippen LogP contribution in [0.4, 0.5) is 0 Å². The predicted octanol–water partition coefficient (Wildman–Crippen LogP) is 0.784. The van der Waals surface area contributed by atoms with E-state index in [-0.39, 0.29) is 5.91 Å². The molecule has 1 fully saturated rings. The molecule has 0 aromatic carbocycles. The fourth-order valence-corrected chi connectivity index (χ4v) is 1.81. The molecule has 1 saturated carbocycles. The predicted molar refractivity (Wildman–Crippen MR) is 58.0 cm³/mol. The monoisotopic (exact) mass is 229 g/mol. The molecule has 1 amide bonds. The van der Waals surface area contributed by atoms with Crippen LogP contribution in [0.25, 0.3) is 0 Å². The fraction of sp³-hybridized carbons (Fsp3) is 0.818. The maximum Gasteiger partial charge on any atom is 0.319 e. The number of hydrogen-bond acceptors (Lipinski definition) is 3. The number of carboxylic acids is 1. The molecule has 0 aromatic heterocycles. The van der Waals surface area contributed by atoms with Crippen molar-refractivity contribution in [3.05, 3.63) is 0 Å². The van der Waals surface area contributed by atoms with E-state index in [9.17, 15) is 9.59 Å². The molecule has 0 spiro atoms. The van der Waals surface area contributed by atoms with E-state index >= 15 is 0 Å². The molecule has 5 nitrogen and oxygen atoms in total. The van der Waals surface area contributed by atoms with Crippen molar-refractivity contribution in [3.63, 3.8) is 0 Å². The molecular formula is C11H19NO4. The van der Waals surface area contributed by atoms with Gasteiger partial charge in [0.05, 0.1) is 0 Å². The molecule has 0 aromatic rings.